The van der Waals surface area contributed by atoms with Crippen molar-refractivity contribution in [3.63, 3.8) is 0 Å². The maximum atomic E-state index is 12.7. The van der Waals surface area contributed by atoms with E-state index in [1.165, 1.54) is 11.3 Å². The molecule has 3 heteroatoms. The van der Waals surface area contributed by atoms with Crippen LogP contribution in [-0.4, -0.2) is 16.7 Å². The molecule has 1 aliphatic heterocycles. The topological polar surface area (TPSA) is 37.4 Å². The maximum absolute atomic E-state index is 12.7. The minimum atomic E-state index is -0.0535. The minimum Gasteiger partial charge on any atom is -0.274 e. The molecule has 1 saturated heterocycles. The van der Waals surface area contributed by atoms with E-state index in [0.29, 0.717) is 35.3 Å². The quantitative estimate of drug-likeness (QED) is 0.570. The van der Waals surface area contributed by atoms with E-state index in [4.69, 9.17) is 0 Å². The molecule has 23 heavy (non-hydrogen) atoms. The number of carbonyl (C=O) groups is 2. The number of likely N-dealkylation sites (tertiary alicyclic amines) is 1. The summed E-state index contributed by atoms with van der Waals surface area (Å²) in [5.41, 5.74) is 0.588. The second-order valence-corrected chi connectivity index (χ2v) is 7.62. The van der Waals surface area contributed by atoms with Gasteiger partial charge in [0.2, 0.25) is 11.8 Å². The molecule has 4 aliphatic rings. The van der Waals surface area contributed by atoms with Crippen molar-refractivity contribution in [3.05, 3.63) is 24.4 Å². The van der Waals surface area contributed by atoms with Crippen LogP contribution in [0, 0.1) is 41.4 Å². The van der Waals surface area contributed by atoms with Crippen molar-refractivity contribution in [1.29, 1.82) is 0 Å². The molecule has 1 heterocycles. The Balaban J connectivity index is 0.000000753. The number of imide groups is 1. The molecule has 0 radical (unpaired) electrons. The molecule has 4 rings (SSSR count). The van der Waals surface area contributed by atoms with Gasteiger partial charge in [0.05, 0.1) is 11.8 Å². The predicted octanol–water partition coefficient (Wildman–Crippen LogP) is 4.02. The summed E-state index contributed by atoms with van der Waals surface area (Å²) in [5.74, 6) is 2.70. The van der Waals surface area contributed by atoms with Crippen molar-refractivity contribution in [3.8, 4) is 0 Å². The van der Waals surface area contributed by atoms with E-state index in [2.05, 4.69) is 25.7 Å². The number of allylic oxidation sites excluding steroid dienone is 3. The fraction of sp³-hybridized carbons (Fsp3) is 0.700. The first-order valence-electron chi connectivity index (χ1n) is 9.20. The summed E-state index contributed by atoms with van der Waals surface area (Å²) in [6.07, 6.45) is 8.12. The van der Waals surface area contributed by atoms with Crippen LogP contribution in [0.4, 0.5) is 0 Å². The van der Waals surface area contributed by atoms with E-state index in [1.54, 1.807) is 6.92 Å². The van der Waals surface area contributed by atoms with Crippen molar-refractivity contribution in [2.75, 3.05) is 0 Å². The smallest absolute Gasteiger partial charge is 0.237 e. The lowest BCUT2D eigenvalue weighted by atomic mass is 9.70. The van der Waals surface area contributed by atoms with Crippen molar-refractivity contribution in [1.82, 2.24) is 4.90 Å². The normalized spacial score (nSPS) is 43.7. The lowest BCUT2D eigenvalue weighted by Crippen LogP contribution is -2.33. The molecule has 2 amide bonds. The Kier molecular flexibility index (Phi) is 4.24. The Hall–Kier alpha value is -1.38. The van der Waals surface area contributed by atoms with E-state index >= 15 is 0 Å². The Labute approximate surface area is 139 Å². The highest BCUT2D eigenvalue weighted by atomic mass is 16.2. The highest BCUT2D eigenvalue weighted by Crippen LogP contribution is 2.61. The summed E-state index contributed by atoms with van der Waals surface area (Å²) in [4.78, 5) is 26.6. The van der Waals surface area contributed by atoms with E-state index < -0.39 is 0 Å². The number of amides is 2. The average Bonchev–Trinajstić information content (AvgIpc) is 3.24. The summed E-state index contributed by atoms with van der Waals surface area (Å²) < 4.78 is 0. The van der Waals surface area contributed by atoms with Crippen LogP contribution in [0.5, 0.6) is 0 Å². The van der Waals surface area contributed by atoms with Crippen molar-refractivity contribution < 1.29 is 9.59 Å². The highest BCUT2D eigenvalue weighted by molar-refractivity contribution is 6.07. The van der Waals surface area contributed by atoms with Crippen LogP contribution in [0.15, 0.2) is 24.4 Å². The van der Waals surface area contributed by atoms with Crippen LogP contribution in [0.2, 0.25) is 0 Å². The number of rotatable bonds is 2. The molecule has 126 valence electrons. The molecule has 0 aromatic heterocycles. The van der Waals surface area contributed by atoms with Gasteiger partial charge in [-0.3, -0.25) is 14.5 Å². The van der Waals surface area contributed by atoms with Crippen molar-refractivity contribution in [2.45, 2.75) is 47.0 Å². The number of nitrogens with zero attached hydrogens (tertiary/aromatic N) is 1. The third-order valence-corrected chi connectivity index (χ3v) is 6.33. The number of hydrogen-bond donors (Lipinski definition) is 0. The summed E-state index contributed by atoms with van der Waals surface area (Å²) in [7, 11) is 0. The second kappa shape index (κ2) is 5.92. The minimum absolute atomic E-state index is 0.0267. The van der Waals surface area contributed by atoms with Gasteiger partial charge in [0.15, 0.2) is 0 Å². The van der Waals surface area contributed by atoms with Gasteiger partial charge in [0.1, 0.15) is 0 Å². The molecule has 3 aliphatic carbocycles. The lowest BCUT2D eigenvalue weighted by Gasteiger charge is -2.32. The van der Waals surface area contributed by atoms with Crippen LogP contribution >= 0.6 is 0 Å². The molecule has 7 atom stereocenters. The third-order valence-electron chi connectivity index (χ3n) is 6.33. The molecule has 3 fully saturated rings. The fourth-order valence-electron chi connectivity index (χ4n) is 5.61. The van der Waals surface area contributed by atoms with Crippen molar-refractivity contribution >= 4 is 11.8 Å². The number of carbonyl (C=O) groups excluding carboxylic acids is 2. The molecule has 0 N–H and O–H groups in total. The standard InChI is InChI=1S/C18H23NO2.C2H6/c1-9(2)19-17(20)15-12-7-13(11-5-4-10(3)6-11)14(8-12)16(15)18(19)21;1-2/h4-5,10-16H,1,6-8H2,2-3H3;1-2H3. The molecule has 3 nitrogen and oxygen atoms in total. The van der Waals surface area contributed by atoms with E-state index in [1.807, 2.05) is 13.8 Å². The third kappa shape index (κ3) is 2.31. The first kappa shape index (κ1) is 16.5. The fourth-order valence-corrected chi connectivity index (χ4v) is 5.61. The van der Waals surface area contributed by atoms with Gasteiger partial charge in [-0.05, 0) is 55.8 Å². The molecule has 0 aromatic rings. The number of fused-ring (bicyclic) bond motifs is 5. The number of hydrogen-bond acceptors (Lipinski definition) is 2. The van der Waals surface area contributed by atoms with Crippen LogP contribution in [0.3, 0.4) is 0 Å². The molecule has 0 aromatic carbocycles. The molecule has 2 bridgehead atoms. The van der Waals surface area contributed by atoms with Gasteiger partial charge in [0.25, 0.3) is 0 Å². The first-order valence-corrected chi connectivity index (χ1v) is 9.20. The van der Waals surface area contributed by atoms with E-state index in [-0.39, 0.29) is 23.7 Å². The molecular weight excluding hydrogens is 286 g/mol. The van der Waals surface area contributed by atoms with E-state index in [9.17, 15) is 9.59 Å². The Bertz CT molecular complexity index is 564. The lowest BCUT2D eigenvalue weighted by molar-refractivity contribution is -0.138. The zero-order chi connectivity index (χ0) is 16.9. The monoisotopic (exact) mass is 315 g/mol. The summed E-state index contributed by atoms with van der Waals surface area (Å²) in [5, 5.41) is 0. The largest absolute Gasteiger partial charge is 0.274 e. The molecule has 7 unspecified atom stereocenters. The van der Waals surface area contributed by atoms with Crippen LogP contribution in [0.25, 0.3) is 0 Å². The van der Waals surface area contributed by atoms with E-state index in [0.717, 1.165) is 12.8 Å². The summed E-state index contributed by atoms with van der Waals surface area (Å²) in [6.45, 7) is 11.8. The Morgan fingerprint density at radius 3 is 2.22 bits per heavy atom. The van der Waals surface area contributed by atoms with Gasteiger partial charge in [-0.1, -0.05) is 39.5 Å². The predicted molar refractivity (Wildman–Crippen MR) is 91.1 cm³/mol. The SMILES string of the molecule is C=C(C)N1C(=O)C2C3CC(C4C=CC(C)C4)C(C3)C2C1=O.CC. The van der Waals surface area contributed by atoms with Gasteiger partial charge in [-0.15, -0.1) is 0 Å². The molecular formula is C20H29NO2. The first-order chi connectivity index (χ1) is 11.0. The zero-order valence-electron chi connectivity index (χ0n) is 14.8. The maximum Gasteiger partial charge on any atom is 0.237 e. The Morgan fingerprint density at radius 2 is 1.65 bits per heavy atom. The highest BCUT2D eigenvalue weighted by Gasteiger charge is 2.64. The van der Waals surface area contributed by atoms with Crippen LogP contribution in [0.1, 0.15) is 47.0 Å². The van der Waals surface area contributed by atoms with Crippen molar-refractivity contribution in [2.24, 2.45) is 41.4 Å². The van der Waals surface area contributed by atoms with Crippen LogP contribution < -0.4 is 0 Å². The second-order valence-electron chi connectivity index (χ2n) is 7.62. The van der Waals surface area contributed by atoms with Gasteiger partial charge in [-0.25, -0.2) is 0 Å². The molecule has 2 saturated carbocycles. The van der Waals surface area contributed by atoms with Gasteiger partial charge >= 0.3 is 0 Å². The van der Waals surface area contributed by atoms with Gasteiger partial charge in [0, 0.05) is 5.70 Å². The van der Waals surface area contributed by atoms with Gasteiger partial charge in [-0.2, -0.15) is 0 Å². The summed E-state index contributed by atoms with van der Waals surface area (Å²) >= 11 is 0. The van der Waals surface area contributed by atoms with Crippen LogP contribution in [-0.2, 0) is 9.59 Å². The van der Waals surface area contributed by atoms with Gasteiger partial charge < -0.3 is 0 Å². The zero-order valence-corrected chi connectivity index (χ0v) is 14.8. The average molecular weight is 315 g/mol. The summed E-state index contributed by atoms with van der Waals surface area (Å²) in [6, 6.07) is 0. The Morgan fingerprint density at radius 1 is 1.04 bits per heavy atom. The molecule has 0 spiro atoms.